The Balaban J connectivity index is 1.48. The minimum atomic E-state index is -0.802. The molecule has 0 spiro atoms. The average molecular weight is 317 g/mol. The molecule has 0 fully saturated rings. The number of aromatic nitrogens is 1. The van der Waals surface area contributed by atoms with Crippen LogP contribution in [0.2, 0.25) is 0 Å². The molecule has 0 aliphatic rings. The number of rotatable bonds is 10. The van der Waals surface area contributed by atoms with Crippen LogP contribution >= 0.6 is 0 Å². The van der Waals surface area contributed by atoms with Gasteiger partial charge >= 0.3 is 0 Å². The summed E-state index contributed by atoms with van der Waals surface area (Å²) in [7, 11) is -0.802. The zero-order valence-corrected chi connectivity index (χ0v) is 13.6. The minimum absolute atomic E-state index is 0.567. The molecule has 0 saturated carbocycles. The number of para-hydroxylation sites is 1. The first-order valence-electron chi connectivity index (χ1n) is 7.77. The highest BCUT2D eigenvalue weighted by molar-refractivity contribution is 7.84. The number of hydrogen-bond acceptors (Lipinski definition) is 3. The van der Waals surface area contributed by atoms with E-state index >= 15 is 0 Å². The van der Waals surface area contributed by atoms with Crippen LogP contribution in [0.25, 0.3) is 0 Å². The van der Waals surface area contributed by atoms with E-state index in [2.05, 4.69) is 4.98 Å². The van der Waals surface area contributed by atoms with E-state index in [1.54, 1.807) is 6.20 Å². The second-order valence-electron chi connectivity index (χ2n) is 5.19. The van der Waals surface area contributed by atoms with Crippen LogP contribution in [0.15, 0.2) is 54.7 Å². The van der Waals surface area contributed by atoms with E-state index in [9.17, 15) is 4.21 Å². The number of hydrogen-bond donors (Lipinski definition) is 0. The molecule has 0 aliphatic carbocycles. The summed E-state index contributed by atoms with van der Waals surface area (Å²) in [4.78, 5) is 4.21. The molecule has 22 heavy (non-hydrogen) atoms. The van der Waals surface area contributed by atoms with Crippen molar-refractivity contribution in [2.75, 3.05) is 12.4 Å². The number of ether oxygens (including phenoxy) is 1. The minimum Gasteiger partial charge on any atom is -0.494 e. The van der Waals surface area contributed by atoms with Crippen molar-refractivity contribution in [1.82, 2.24) is 4.98 Å². The van der Waals surface area contributed by atoms with Gasteiger partial charge in [-0.2, -0.15) is 0 Å². The molecule has 1 aromatic carbocycles. The maximum Gasteiger partial charge on any atom is 0.119 e. The summed E-state index contributed by atoms with van der Waals surface area (Å²) in [6.45, 7) is 0.751. The van der Waals surface area contributed by atoms with Gasteiger partial charge in [-0.25, -0.2) is 0 Å². The van der Waals surface area contributed by atoms with Crippen LogP contribution < -0.4 is 4.74 Å². The van der Waals surface area contributed by atoms with Crippen LogP contribution in [0.4, 0.5) is 0 Å². The Morgan fingerprint density at radius 2 is 1.68 bits per heavy atom. The van der Waals surface area contributed by atoms with Gasteiger partial charge in [0.05, 0.1) is 18.1 Å². The molecule has 1 atom stereocenters. The van der Waals surface area contributed by atoms with Crippen molar-refractivity contribution in [3.63, 3.8) is 0 Å². The molecule has 0 bridgehead atoms. The van der Waals surface area contributed by atoms with Gasteiger partial charge in [0, 0.05) is 22.7 Å². The molecule has 0 N–H and O–H groups in total. The van der Waals surface area contributed by atoms with Crippen LogP contribution in [0.1, 0.15) is 31.4 Å². The number of nitrogens with zero attached hydrogens (tertiary/aromatic N) is 1. The predicted molar refractivity (Wildman–Crippen MR) is 91.4 cm³/mol. The lowest BCUT2D eigenvalue weighted by atomic mass is 10.2. The van der Waals surface area contributed by atoms with E-state index in [0.717, 1.165) is 49.5 Å². The molecule has 2 rings (SSSR count). The van der Waals surface area contributed by atoms with Gasteiger partial charge in [-0.05, 0) is 37.1 Å². The largest absolute Gasteiger partial charge is 0.494 e. The first-order chi connectivity index (χ1) is 10.8. The van der Waals surface area contributed by atoms with E-state index in [1.807, 2.05) is 48.5 Å². The van der Waals surface area contributed by atoms with E-state index in [1.165, 1.54) is 0 Å². The fourth-order valence-electron chi connectivity index (χ4n) is 2.15. The monoisotopic (exact) mass is 317 g/mol. The number of pyridine rings is 1. The lowest BCUT2D eigenvalue weighted by Gasteiger charge is -2.06. The fraction of sp³-hybridized carbons (Fsp3) is 0.389. The summed E-state index contributed by atoms with van der Waals surface area (Å²) in [5.74, 6) is 2.26. The molecule has 4 heteroatoms. The number of benzene rings is 1. The summed E-state index contributed by atoms with van der Waals surface area (Å²) in [6, 6.07) is 15.6. The summed E-state index contributed by atoms with van der Waals surface area (Å²) < 4.78 is 17.6. The van der Waals surface area contributed by atoms with E-state index in [0.29, 0.717) is 5.75 Å². The number of unbranched alkanes of at least 4 members (excludes halogenated alkanes) is 3. The van der Waals surface area contributed by atoms with Gasteiger partial charge in [0.15, 0.2) is 0 Å². The molecule has 1 heterocycles. The molecule has 118 valence electrons. The Bertz CT molecular complexity index is 546. The average Bonchev–Trinajstić information content (AvgIpc) is 2.56. The van der Waals surface area contributed by atoms with Gasteiger partial charge in [0.2, 0.25) is 0 Å². The highest BCUT2D eigenvalue weighted by Gasteiger charge is 2.02. The molecule has 0 saturated heterocycles. The zero-order valence-electron chi connectivity index (χ0n) is 12.8. The maximum absolute atomic E-state index is 11.9. The van der Waals surface area contributed by atoms with E-state index < -0.39 is 10.8 Å². The molecule has 2 aromatic rings. The third-order valence-electron chi connectivity index (χ3n) is 3.31. The molecule has 3 nitrogen and oxygen atoms in total. The third-order valence-corrected chi connectivity index (χ3v) is 4.68. The zero-order chi connectivity index (χ0) is 15.5. The van der Waals surface area contributed by atoms with Crippen LogP contribution in [-0.4, -0.2) is 21.6 Å². The topological polar surface area (TPSA) is 39.2 Å². The Kier molecular flexibility index (Phi) is 7.67. The Morgan fingerprint density at radius 1 is 0.909 bits per heavy atom. The lowest BCUT2D eigenvalue weighted by Crippen LogP contribution is -2.03. The van der Waals surface area contributed by atoms with Crippen LogP contribution in [-0.2, 0) is 16.6 Å². The van der Waals surface area contributed by atoms with Crippen LogP contribution in [0.5, 0.6) is 5.75 Å². The third kappa shape index (κ3) is 6.85. The summed E-state index contributed by atoms with van der Waals surface area (Å²) in [5, 5.41) is 0. The normalized spacial score (nSPS) is 12.0. The van der Waals surface area contributed by atoms with Crippen LogP contribution in [0, 0.1) is 0 Å². The summed E-state index contributed by atoms with van der Waals surface area (Å²) in [6.07, 6.45) is 6.02. The van der Waals surface area contributed by atoms with Crippen molar-refractivity contribution in [2.45, 2.75) is 31.4 Å². The van der Waals surface area contributed by atoms with Crippen molar-refractivity contribution in [3.05, 3.63) is 60.4 Å². The van der Waals surface area contributed by atoms with Gasteiger partial charge < -0.3 is 4.74 Å². The van der Waals surface area contributed by atoms with Gasteiger partial charge in [-0.1, -0.05) is 37.1 Å². The first kappa shape index (κ1) is 16.7. The lowest BCUT2D eigenvalue weighted by molar-refractivity contribution is 0.305. The molecular formula is C18H23NO2S. The Morgan fingerprint density at radius 3 is 2.45 bits per heavy atom. The van der Waals surface area contributed by atoms with Crippen molar-refractivity contribution in [2.24, 2.45) is 0 Å². The van der Waals surface area contributed by atoms with Crippen molar-refractivity contribution < 1.29 is 8.95 Å². The maximum atomic E-state index is 11.9. The Hall–Kier alpha value is -1.68. The van der Waals surface area contributed by atoms with Gasteiger partial charge in [0.1, 0.15) is 5.75 Å². The highest BCUT2D eigenvalue weighted by atomic mass is 32.2. The van der Waals surface area contributed by atoms with E-state index in [-0.39, 0.29) is 0 Å². The first-order valence-corrected chi connectivity index (χ1v) is 9.26. The van der Waals surface area contributed by atoms with Crippen molar-refractivity contribution in [1.29, 1.82) is 0 Å². The summed E-state index contributed by atoms with van der Waals surface area (Å²) in [5.41, 5.74) is 0.914. The highest BCUT2D eigenvalue weighted by Crippen LogP contribution is 2.10. The molecular weight excluding hydrogens is 294 g/mol. The summed E-state index contributed by atoms with van der Waals surface area (Å²) >= 11 is 0. The van der Waals surface area contributed by atoms with Gasteiger partial charge in [-0.15, -0.1) is 0 Å². The van der Waals surface area contributed by atoms with Crippen LogP contribution in [0.3, 0.4) is 0 Å². The second-order valence-corrected chi connectivity index (χ2v) is 6.76. The standard InChI is InChI=1S/C18H23NO2S/c20-22(16-17-10-6-7-13-19-17)15-9-2-1-8-14-21-18-11-4-3-5-12-18/h3-7,10-13H,1-2,8-9,14-16H2. The molecule has 0 aliphatic heterocycles. The quantitative estimate of drug-likeness (QED) is 0.622. The van der Waals surface area contributed by atoms with E-state index in [4.69, 9.17) is 4.74 Å². The molecule has 0 amide bonds. The van der Waals surface area contributed by atoms with Crippen molar-refractivity contribution >= 4 is 10.8 Å². The predicted octanol–water partition coefficient (Wildman–Crippen LogP) is 3.97. The Labute approximate surface area is 135 Å². The SMILES string of the molecule is O=S(CCCCCCOc1ccccc1)Cc1ccccn1. The molecule has 1 unspecified atom stereocenters. The molecule has 1 aromatic heterocycles. The molecule has 0 radical (unpaired) electrons. The second kappa shape index (κ2) is 10.1. The van der Waals surface area contributed by atoms with Crippen molar-refractivity contribution in [3.8, 4) is 5.75 Å². The van der Waals surface area contributed by atoms with Gasteiger partial charge in [-0.3, -0.25) is 9.19 Å². The smallest absolute Gasteiger partial charge is 0.119 e. The fourth-order valence-corrected chi connectivity index (χ4v) is 3.32. The van der Waals surface area contributed by atoms with Gasteiger partial charge in [0.25, 0.3) is 0 Å².